The van der Waals surface area contributed by atoms with Crippen molar-refractivity contribution in [2.24, 2.45) is 5.73 Å². The summed E-state index contributed by atoms with van der Waals surface area (Å²) in [5.74, 6) is 0.171. The van der Waals surface area contributed by atoms with E-state index in [9.17, 15) is 4.79 Å². The summed E-state index contributed by atoms with van der Waals surface area (Å²) >= 11 is 0. The number of carbonyl (C=O) groups excluding carboxylic acids is 1. The van der Waals surface area contributed by atoms with E-state index in [2.05, 4.69) is 9.97 Å². The highest BCUT2D eigenvalue weighted by atomic mass is 16.1. The van der Waals surface area contributed by atoms with Crippen LogP contribution in [0.15, 0.2) is 30.5 Å². The van der Waals surface area contributed by atoms with E-state index in [1.165, 1.54) is 6.20 Å². The van der Waals surface area contributed by atoms with Gasteiger partial charge in [0.2, 0.25) is 0 Å². The number of hydrogen-bond acceptors (Lipinski definition) is 2. The molecule has 0 saturated heterocycles. The van der Waals surface area contributed by atoms with Crippen molar-refractivity contribution in [1.82, 2.24) is 9.97 Å². The van der Waals surface area contributed by atoms with Gasteiger partial charge in [-0.2, -0.15) is 0 Å². The van der Waals surface area contributed by atoms with Gasteiger partial charge in [0, 0.05) is 5.56 Å². The molecular weight excluding hydrogens is 190 g/mol. The lowest BCUT2D eigenvalue weighted by Crippen LogP contribution is -2.11. The van der Waals surface area contributed by atoms with E-state index in [4.69, 9.17) is 5.73 Å². The summed E-state index contributed by atoms with van der Waals surface area (Å²) in [5.41, 5.74) is 7.54. The lowest BCUT2D eigenvalue weighted by atomic mass is 10.1. The van der Waals surface area contributed by atoms with Gasteiger partial charge < -0.3 is 10.7 Å². The molecule has 2 aromatic rings. The van der Waals surface area contributed by atoms with Gasteiger partial charge in [0.1, 0.15) is 11.5 Å². The van der Waals surface area contributed by atoms with Crippen LogP contribution in [0.4, 0.5) is 0 Å². The van der Waals surface area contributed by atoms with Crippen molar-refractivity contribution < 1.29 is 4.79 Å². The number of aromatic nitrogens is 2. The number of hydrogen-bond donors (Lipinski definition) is 2. The Kier molecular flexibility index (Phi) is 2.25. The molecule has 0 aliphatic rings. The number of rotatable bonds is 2. The molecule has 1 amide bonds. The Morgan fingerprint density at radius 1 is 1.40 bits per heavy atom. The van der Waals surface area contributed by atoms with Gasteiger partial charge in [-0.1, -0.05) is 24.3 Å². The molecule has 0 spiro atoms. The fraction of sp³-hybridized carbons (Fsp3) is 0.0909. The Hall–Kier alpha value is -2.10. The summed E-state index contributed by atoms with van der Waals surface area (Å²) in [5, 5.41) is 0. The minimum atomic E-state index is -0.498. The Bertz CT molecular complexity index is 502. The number of nitrogens with one attached hydrogen (secondary N) is 1. The number of nitrogens with two attached hydrogens (primary N) is 1. The number of H-pyrrole nitrogens is 1. The quantitative estimate of drug-likeness (QED) is 0.772. The van der Waals surface area contributed by atoms with Gasteiger partial charge >= 0.3 is 0 Å². The molecule has 3 N–H and O–H groups in total. The second kappa shape index (κ2) is 3.57. The summed E-state index contributed by atoms with van der Waals surface area (Å²) in [6.45, 7) is 1.99. The maximum atomic E-state index is 10.9. The Morgan fingerprint density at radius 3 is 2.73 bits per heavy atom. The van der Waals surface area contributed by atoms with Crippen molar-refractivity contribution >= 4 is 5.91 Å². The standard InChI is InChI=1S/C11H11N3O/c1-7-4-2-3-5-8(7)11-13-6-9(14-11)10(12)15/h2-6H,1H3,(H2,12,15)(H,13,14). The first-order valence-electron chi connectivity index (χ1n) is 4.59. The lowest BCUT2D eigenvalue weighted by molar-refractivity contribution is 0.0996. The molecule has 0 radical (unpaired) electrons. The normalized spacial score (nSPS) is 10.2. The third kappa shape index (κ3) is 1.74. The lowest BCUT2D eigenvalue weighted by Gasteiger charge is -2.00. The first-order valence-corrected chi connectivity index (χ1v) is 4.59. The van der Waals surface area contributed by atoms with Gasteiger partial charge in [-0.05, 0) is 12.5 Å². The van der Waals surface area contributed by atoms with Crippen LogP contribution in [0.25, 0.3) is 11.4 Å². The molecule has 0 bridgehead atoms. The predicted octanol–water partition coefficient (Wildman–Crippen LogP) is 1.48. The van der Waals surface area contributed by atoms with Crippen LogP contribution in [0.5, 0.6) is 0 Å². The van der Waals surface area contributed by atoms with Gasteiger partial charge in [0.05, 0.1) is 6.20 Å². The first-order chi connectivity index (χ1) is 7.18. The summed E-state index contributed by atoms with van der Waals surface area (Å²) in [6, 6.07) is 7.81. The second-order valence-electron chi connectivity index (χ2n) is 3.32. The van der Waals surface area contributed by atoms with Crippen molar-refractivity contribution in [3.05, 3.63) is 41.7 Å². The van der Waals surface area contributed by atoms with Crippen LogP contribution in [-0.4, -0.2) is 15.9 Å². The predicted molar refractivity (Wildman–Crippen MR) is 57.3 cm³/mol. The van der Waals surface area contributed by atoms with Crippen molar-refractivity contribution in [2.75, 3.05) is 0 Å². The number of nitrogens with zero attached hydrogens (tertiary/aromatic N) is 1. The number of aryl methyl sites for hydroxylation is 1. The summed E-state index contributed by atoms with van der Waals surface area (Å²) in [7, 11) is 0. The zero-order chi connectivity index (χ0) is 10.8. The van der Waals surface area contributed by atoms with Gasteiger partial charge in [0.15, 0.2) is 0 Å². The largest absolute Gasteiger partial charge is 0.364 e. The smallest absolute Gasteiger partial charge is 0.266 e. The average molecular weight is 201 g/mol. The van der Waals surface area contributed by atoms with Crippen LogP contribution >= 0.6 is 0 Å². The molecule has 0 fully saturated rings. The van der Waals surface area contributed by atoms with Crippen LogP contribution in [0.2, 0.25) is 0 Å². The topological polar surface area (TPSA) is 71.8 Å². The Morgan fingerprint density at radius 2 is 2.13 bits per heavy atom. The van der Waals surface area contributed by atoms with Crippen molar-refractivity contribution in [3.8, 4) is 11.4 Å². The highest BCUT2D eigenvalue weighted by Crippen LogP contribution is 2.19. The van der Waals surface area contributed by atoms with Gasteiger partial charge in [-0.3, -0.25) is 4.79 Å². The molecule has 2 rings (SSSR count). The molecular formula is C11H11N3O. The molecule has 4 heteroatoms. The Labute approximate surface area is 87.1 Å². The molecule has 15 heavy (non-hydrogen) atoms. The highest BCUT2D eigenvalue weighted by Gasteiger charge is 2.08. The molecule has 4 nitrogen and oxygen atoms in total. The second-order valence-corrected chi connectivity index (χ2v) is 3.32. The highest BCUT2D eigenvalue weighted by molar-refractivity contribution is 5.91. The third-order valence-corrected chi connectivity index (χ3v) is 2.24. The number of aromatic amines is 1. The van der Waals surface area contributed by atoms with Gasteiger partial charge in [-0.15, -0.1) is 0 Å². The summed E-state index contributed by atoms with van der Waals surface area (Å²) in [6.07, 6.45) is 1.45. The maximum absolute atomic E-state index is 10.9. The zero-order valence-corrected chi connectivity index (χ0v) is 8.32. The molecule has 76 valence electrons. The minimum absolute atomic E-state index is 0.327. The van der Waals surface area contributed by atoms with Crippen LogP contribution in [-0.2, 0) is 0 Å². The SMILES string of the molecule is Cc1ccccc1-c1ncc(C(N)=O)[nH]1. The van der Waals surface area contributed by atoms with Crippen LogP contribution in [0, 0.1) is 6.92 Å². The van der Waals surface area contributed by atoms with E-state index in [0.717, 1.165) is 11.1 Å². The monoisotopic (exact) mass is 201 g/mol. The van der Waals surface area contributed by atoms with E-state index in [1.807, 2.05) is 31.2 Å². The fourth-order valence-corrected chi connectivity index (χ4v) is 1.42. The summed E-state index contributed by atoms with van der Waals surface area (Å²) < 4.78 is 0. The molecule has 0 unspecified atom stereocenters. The number of benzene rings is 1. The molecule has 1 aromatic heterocycles. The average Bonchev–Trinajstić information content (AvgIpc) is 2.67. The maximum Gasteiger partial charge on any atom is 0.266 e. The van der Waals surface area contributed by atoms with E-state index in [-0.39, 0.29) is 0 Å². The fourth-order valence-electron chi connectivity index (χ4n) is 1.42. The number of amides is 1. The third-order valence-electron chi connectivity index (χ3n) is 2.24. The molecule has 0 atom stereocenters. The number of carbonyl (C=O) groups is 1. The first kappa shape index (κ1) is 9.45. The van der Waals surface area contributed by atoms with Crippen LogP contribution < -0.4 is 5.73 Å². The van der Waals surface area contributed by atoms with Gasteiger partial charge in [0.25, 0.3) is 5.91 Å². The van der Waals surface area contributed by atoms with Crippen LogP contribution in [0.3, 0.4) is 0 Å². The van der Waals surface area contributed by atoms with E-state index in [1.54, 1.807) is 0 Å². The zero-order valence-electron chi connectivity index (χ0n) is 8.32. The number of imidazole rings is 1. The van der Waals surface area contributed by atoms with E-state index in [0.29, 0.717) is 11.5 Å². The minimum Gasteiger partial charge on any atom is -0.364 e. The molecule has 0 aliphatic heterocycles. The molecule has 1 aromatic carbocycles. The molecule has 0 aliphatic carbocycles. The van der Waals surface area contributed by atoms with E-state index < -0.39 is 5.91 Å². The summed E-state index contributed by atoms with van der Waals surface area (Å²) in [4.78, 5) is 17.9. The molecule has 1 heterocycles. The van der Waals surface area contributed by atoms with Crippen LogP contribution in [0.1, 0.15) is 16.1 Å². The van der Waals surface area contributed by atoms with Crippen molar-refractivity contribution in [2.45, 2.75) is 6.92 Å². The van der Waals surface area contributed by atoms with Crippen molar-refractivity contribution in [3.63, 3.8) is 0 Å². The molecule has 0 saturated carbocycles. The Balaban J connectivity index is 2.46. The van der Waals surface area contributed by atoms with Crippen molar-refractivity contribution in [1.29, 1.82) is 0 Å². The number of primary amides is 1. The van der Waals surface area contributed by atoms with Gasteiger partial charge in [-0.25, -0.2) is 4.98 Å². The van der Waals surface area contributed by atoms with E-state index >= 15 is 0 Å².